The van der Waals surface area contributed by atoms with E-state index < -0.39 is 11.9 Å². The third-order valence-electron chi connectivity index (χ3n) is 5.21. The van der Waals surface area contributed by atoms with Gasteiger partial charge in [-0.1, -0.05) is 72.8 Å². The molecular formula is C27H22N2O3. The maximum absolute atomic E-state index is 12.9. The summed E-state index contributed by atoms with van der Waals surface area (Å²) in [6.07, 6.45) is 1.11. The van der Waals surface area contributed by atoms with Crippen LogP contribution in [0.3, 0.4) is 0 Å². The first kappa shape index (κ1) is 21.0. The number of para-hydroxylation sites is 1. The molecule has 0 bridgehead atoms. The molecule has 0 aliphatic rings. The van der Waals surface area contributed by atoms with E-state index in [1.807, 2.05) is 66.7 Å². The second-order valence-corrected chi connectivity index (χ2v) is 7.47. The minimum absolute atomic E-state index is 0.293. The molecule has 1 unspecified atom stereocenters. The highest BCUT2D eigenvalue weighted by atomic mass is 16.2. The maximum atomic E-state index is 12.9. The Bertz CT molecular complexity index is 1270. The second-order valence-electron chi connectivity index (χ2n) is 7.47. The molecule has 32 heavy (non-hydrogen) atoms. The van der Waals surface area contributed by atoms with Gasteiger partial charge >= 0.3 is 0 Å². The number of aldehydes is 1. The Balaban J connectivity index is 1.50. The van der Waals surface area contributed by atoms with Gasteiger partial charge in [0.25, 0.3) is 11.8 Å². The SMILES string of the molecule is O=CC(Cc1ccccc1)NC(=O)c1ccccc1NC(=O)c1ccc2ccccc2c1. The summed E-state index contributed by atoms with van der Waals surface area (Å²) in [7, 11) is 0. The highest BCUT2D eigenvalue weighted by Gasteiger charge is 2.18. The van der Waals surface area contributed by atoms with Gasteiger partial charge in [0, 0.05) is 5.56 Å². The monoisotopic (exact) mass is 422 g/mol. The molecule has 5 nitrogen and oxygen atoms in total. The number of fused-ring (bicyclic) bond motifs is 1. The van der Waals surface area contributed by atoms with Crippen molar-refractivity contribution in [2.24, 2.45) is 0 Å². The van der Waals surface area contributed by atoms with E-state index in [0.717, 1.165) is 22.6 Å². The number of hydrogen-bond acceptors (Lipinski definition) is 3. The minimum Gasteiger partial charge on any atom is -0.342 e. The van der Waals surface area contributed by atoms with Crippen LogP contribution in [-0.2, 0) is 11.2 Å². The van der Waals surface area contributed by atoms with Crippen LogP contribution in [0.5, 0.6) is 0 Å². The average Bonchev–Trinajstić information content (AvgIpc) is 2.84. The first-order valence-electron chi connectivity index (χ1n) is 10.3. The second kappa shape index (κ2) is 9.71. The Hall–Kier alpha value is -4.25. The standard InChI is InChI=1S/C27H22N2O3/c30-18-23(16-19-8-2-1-3-9-19)28-27(32)24-12-6-7-13-25(24)29-26(31)22-15-14-20-10-4-5-11-21(20)17-22/h1-15,17-18,23H,16H2,(H,28,32)(H,29,31). The molecule has 0 saturated heterocycles. The fourth-order valence-electron chi connectivity index (χ4n) is 3.56. The van der Waals surface area contributed by atoms with Crippen molar-refractivity contribution in [2.45, 2.75) is 12.5 Å². The molecule has 2 N–H and O–H groups in total. The molecule has 0 aromatic heterocycles. The van der Waals surface area contributed by atoms with Gasteiger partial charge in [0.15, 0.2) is 0 Å². The third-order valence-corrected chi connectivity index (χ3v) is 5.21. The molecule has 1 atom stereocenters. The van der Waals surface area contributed by atoms with Gasteiger partial charge in [0.1, 0.15) is 6.29 Å². The summed E-state index contributed by atoms with van der Waals surface area (Å²) in [6, 6.07) is 28.8. The molecule has 4 aromatic carbocycles. The van der Waals surface area contributed by atoms with Crippen LogP contribution in [0.2, 0.25) is 0 Å². The zero-order chi connectivity index (χ0) is 22.3. The van der Waals surface area contributed by atoms with Crippen molar-refractivity contribution < 1.29 is 14.4 Å². The summed E-state index contributed by atoms with van der Waals surface area (Å²) in [5, 5.41) is 7.58. The number of amides is 2. The molecule has 4 aromatic rings. The topological polar surface area (TPSA) is 75.3 Å². The Morgan fingerprint density at radius 1 is 0.750 bits per heavy atom. The van der Waals surface area contributed by atoms with Crippen molar-refractivity contribution in [1.29, 1.82) is 0 Å². The summed E-state index contributed by atoms with van der Waals surface area (Å²) in [5.74, 6) is -0.736. The number of nitrogens with one attached hydrogen (secondary N) is 2. The third kappa shape index (κ3) is 4.90. The van der Waals surface area contributed by atoms with Crippen molar-refractivity contribution in [3.05, 3.63) is 114 Å². The van der Waals surface area contributed by atoms with E-state index in [9.17, 15) is 14.4 Å². The van der Waals surface area contributed by atoms with Crippen LogP contribution >= 0.6 is 0 Å². The molecule has 0 radical (unpaired) electrons. The van der Waals surface area contributed by atoms with Crippen LogP contribution in [0.25, 0.3) is 10.8 Å². The molecule has 2 amide bonds. The van der Waals surface area contributed by atoms with Gasteiger partial charge in [-0.2, -0.15) is 0 Å². The smallest absolute Gasteiger partial charge is 0.255 e. The van der Waals surface area contributed by atoms with Crippen LogP contribution < -0.4 is 10.6 Å². The quantitative estimate of drug-likeness (QED) is 0.426. The van der Waals surface area contributed by atoms with Crippen molar-refractivity contribution in [1.82, 2.24) is 5.32 Å². The van der Waals surface area contributed by atoms with Crippen LogP contribution in [0.1, 0.15) is 26.3 Å². The molecule has 0 spiro atoms. The molecule has 0 aliphatic carbocycles. The molecule has 4 rings (SSSR count). The minimum atomic E-state index is -0.672. The van der Waals surface area contributed by atoms with Crippen LogP contribution in [0, 0.1) is 0 Å². The number of carbonyl (C=O) groups excluding carboxylic acids is 3. The van der Waals surface area contributed by atoms with E-state index in [1.54, 1.807) is 30.3 Å². The van der Waals surface area contributed by atoms with E-state index in [1.165, 1.54) is 0 Å². The first-order valence-corrected chi connectivity index (χ1v) is 10.3. The van der Waals surface area contributed by atoms with Crippen molar-refractivity contribution in [3.63, 3.8) is 0 Å². The number of carbonyl (C=O) groups is 3. The number of benzene rings is 4. The van der Waals surface area contributed by atoms with Crippen molar-refractivity contribution >= 4 is 34.6 Å². The fourth-order valence-corrected chi connectivity index (χ4v) is 3.56. The van der Waals surface area contributed by atoms with Gasteiger partial charge in [-0.25, -0.2) is 0 Å². The highest BCUT2D eigenvalue weighted by Crippen LogP contribution is 2.19. The molecule has 158 valence electrons. The Labute approximate surface area is 186 Å². The lowest BCUT2D eigenvalue weighted by Crippen LogP contribution is -2.38. The zero-order valence-electron chi connectivity index (χ0n) is 17.3. The summed E-state index contributed by atoms with van der Waals surface area (Å²) in [4.78, 5) is 37.3. The summed E-state index contributed by atoms with van der Waals surface area (Å²) in [5.41, 5.74) is 2.12. The van der Waals surface area contributed by atoms with E-state index in [-0.39, 0.29) is 5.91 Å². The number of anilines is 1. The summed E-state index contributed by atoms with van der Waals surface area (Å²) in [6.45, 7) is 0. The van der Waals surface area contributed by atoms with E-state index in [0.29, 0.717) is 23.2 Å². The van der Waals surface area contributed by atoms with E-state index in [4.69, 9.17) is 0 Å². The largest absolute Gasteiger partial charge is 0.342 e. The van der Waals surface area contributed by atoms with Gasteiger partial charge in [-0.3, -0.25) is 9.59 Å². The van der Waals surface area contributed by atoms with Crippen molar-refractivity contribution in [2.75, 3.05) is 5.32 Å². The van der Waals surface area contributed by atoms with E-state index in [2.05, 4.69) is 10.6 Å². The lowest BCUT2D eigenvalue weighted by Gasteiger charge is -2.15. The van der Waals surface area contributed by atoms with Crippen LogP contribution in [-0.4, -0.2) is 24.1 Å². The van der Waals surface area contributed by atoms with Gasteiger partial charge < -0.3 is 15.4 Å². The zero-order valence-corrected chi connectivity index (χ0v) is 17.3. The fraction of sp³-hybridized carbons (Fsp3) is 0.0741. The molecule has 0 saturated carbocycles. The highest BCUT2D eigenvalue weighted by molar-refractivity contribution is 6.10. The Morgan fingerprint density at radius 3 is 2.22 bits per heavy atom. The average molecular weight is 422 g/mol. The molecule has 0 aliphatic heterocycles. The lowest BCUT2D eigenvalue weighted by molar-refractivity contribution is -0.109. The predicted molar refractivity (Wildman–Crippen MR) is 126 cm³/mol. The van der Waals surface area contributed by atoms with Gasteiger partial charge in [-0.05, 0) is 47.0 Å². The number of hydrogen-bond donors (Lipinski definition) is 2. The van der Waals surface area contributed by atoms with Gasteiger partial charge in [0.2, 0.25) is 0 Å². The molecule has 0 fully saturated rings. The summed E-state index contributed by atoms with van der Waals surface area (Å²) >= 11 is 0. The van der Waals surface area contributed by atoms with Crippen LogP contribution in [0.4, 0.5) is 5.69 Å². The summed E-state index contributed by atoms with van der Waals surface area (Å²) < 4.78 is 0. The molecular weight excluding hydrogens is 400 g/mol. The molecule has 5 heteroatoms. The van der Waals surface area contributed by atoms with E-state index >= 15 is 0 Å². The Kier molecular flexibility index (Phi) is 6.37. The predicted octanol–water partition coefficient (Wildman–Crippen LogP) is 4.63. The normalized spacial score (nSPS) is 11.5. The first-order chi connectivity index (χ1) is 15.6. The number of rotatable bonds is 7. The van der Waals surface area contributed by atoms with Crippen molar-refractivity contribution in [3.8, 4) is 0 Å². The van der Waals surface area contributed by atoms with Gasteiger partial charge in [0.05, 0.1) is 17.3 Å². The lowest BCUT2D eigenvalue weighted by atomic mass is 10.1. The Morgan fingerprint density at radius 2 is 1.44 bits per heavy atom. The maximum Gasteiger partial charge on any atom is 0.255 e. The molecule has 0 heterocycles. The van der Waals surface area contributed by atoms with Crippen LogP contribution in [0.15, 0.2) is 97.1 Å². The van der Waals surface area contributed by atoms with Gasteiger partial charge in [-0.15, -0.1) is 0 Å².